The summed E-state index contributed by atoms with van der Waals surface area (Å²) in [5.41, 5.74) is 5.77. The number of thiazole rings is 2. The van der Waals surface area contributed by atoms with Gasteiger partial charge in [0, 0.05) is 5.56 Å². The molecule has 1 atom stereocenters. The van der Waals surface area contributed by atoms with E-state index in [4.69, 9.17) is 6.42 Å². The minimum Gasteiger partial charge on any atom is -0.394 e. The molecular formula is C21H16N4O2S2. The van der Waals surface area contributed by atoms with Gasteiger partial charge in [0.05, 0.1) is 34.6 Å². The molecule has 0 aliphatic carbocycles. The first-order valence-electron chi connectivity index (χ1n) is 8.71. The molecule has 2 heterocycles. The largest absolute Gasteiger partial charge is 0.394 e. The van der Waals surface area contributed by atoms with Crippen LogP contribution in [0.1, 0.15) is 16.6 Å². The molecule has 0 saturated carbocycles. The number of anilines is 1. The van der Waals surface area contributed by atoms with Gasteiger partial charge in [-0.2, -0.15) is 0 Å². The van der Waals surface area contributed by atoms with E-state index in [1.165, 1.54) is 17.5 Å². The van der Waals surface area contributed by atoms with Crippen molar-refractivity contribution in [2.75, 3.05) is 11.9 Å². The number of nitrogens with zero attached hydrogens (tertiary/aromatic N) is 2. The maximum atomic E-state index is 12.2. The van der Waals surface area contributed by atoms with E-state index in [2.05, 4.69) is 32.6 Å². The van der Waals surface area contributed by atoms with E-state index >= 15 is 0 Å². The zero-order valence-electron chi connectivity index (χ0n) is 15.1. The third kappa shape index (κ3) is 4.12. The van der Waals surface area contributed by atoms with E-state index in [1.54, 1.807) is 11.3 Å². The minimum atomic E-state index is -0.539. The van der Waals surface area contributed by atoms with Crippen LogP contribution in [0.15, 0.2) is 54.2 Å². The Balaban J connectivity index is 1.48. The zero-order chi connectivity index (χ0) is 20.2. The Hall–Kier alpha value is -3.25. The zero-order valence-corrected chi connectivity index (χ0v) is 16.8. The van der Waals surface area contributed by atoms with Gasteiger partial charge in [0.1, 0.15) is 5.00 Å². The predicted molar refractivity (Wildman–Crippen MR) is 117 cm³/mol. The highest BCUT2D eigenvalue weighted by atomic mass is 32.1. The Morgan fingerprint density at radius 3 is 2.76 bits per heavy atom. The molecule has 4 aromatic rings. The standard InChI is InChI=1S/C21H16N4O2S2/c1-2-18-22-10-19(29-18)25-21(27)24-17(11-26)14-8-6-13(7-9-14)15-4-3-5-16-20(15)28-12-23-16/h1,3-10,12,17,26H,11H2,(H2,24,25,27)/t17-/m0/s1. The van der Waals surface area contributed by atoms with Crippen molar-refractivity contribution in [3.05, 3.63) is 64.7 Å². The first-order valence-corrected chi connectivity index (χ1v) is 10.4. The summed E-state index contributed by atoms with van der Waals surface area (Å²) in [4.78, 5) is 20.6. The Labute approximate surface area is 175 Å². The number of aromatic nitrogens is 2. The summed E-state index contributed by atoms with van der Waals surface area (Å²) in [5.74, 6) is 2.42. The summed E-state index contributed by atoms with van der Waals surface area (Å²) in [6, 6.07) is 12.8. The molecule has 3 N–H and O–H groups in total. The van der Waals surface area contributed by atoms with E-state index in [0.717, 1.165) is 26.9 Å². The lowest BCUT2D eigenvalue weighted by Gasteiger charge is -2.17. The fraction of sp³-hybridized carbons (Fsp3) is 0.0952. The van der Waals surface area contributed by atoms with E-state index in [1.807, 2.05) is 41.9 Å². The van der Waals surface area contributed by atoms with Crippen LogP contribution in [-0.2, 0) is 0 Å². The summed E-state index contributed by atoms with van der Waals surface area (Å²) in [6.07, 6.45) is 6.79. The molecule has 0 aliphatic heterocycles. The fourth-order valence-electron chi connectivity index (χ4n) is 2.95. The number of carbonyl (C=O) groups is 1. The monoisotopic (exact) mass is 420 g/mol. The van der Waals surface area contributed by atoms with Crippen molar-refractivity contribution in [1.82, 2.24) is 15.3 Å². The van der Waals surface area contributed by atoms with Gasteiger partial charge in [-0.3, -0.25) is 5.32 Å². The van der Waals surface area contributed by atoms with Crippen LogP contribution in [0.3, 0.4) is 0 Å². The summed E-state index contributed by atoms with van der Waals surface area (Å²) in [7, 11) is 0. The molecule has 2 aromatic heterocycles. The van der Waals surface area contributed by atoms with E-state index in [-0.39, 0.29) is 6.61 Å². The van der Waals surface area contributed by atoms with E-state index in [0.29, 0.717) is 10.0 Å². The van der Waals surface area contributed by atoms with Crippen molar-refractivity contribution in [2.45, 2.75) is 6.04 Å². The first kappa shape index (κ1) is 19.1. The highest BCUT2D eigenvalue weighted by Crippen LogP contribution is 2.31. The normalized spacial score (nSPS) is 11.7. The second kappa shape index (κ2) is 8.41. The maximum absolute atomic E-state index is 12.2. The number of aliphatic hydroxyl groups excluding tert-OH is 1. The molecule has 0 radical (unpaired) electrons. The van der Waals surface area contributed by atoms with E-state index in [9.17, 15) is 9.90 Å². The quantitative estimate of drug-likeness (QED) is 0.421. The van der Waals surface area contributed by atoms with E-state index < -0.39 is 12.1 Å². The first-order chi connectivity index (χ1) is 14.2. The van der Waals surface area contributed by atoms with Crippen LogP contribution in [0.25, 0.3) is 21.3 Å². The van der Waals surface area contributed by atoms with Gasteiger partial charge in [0.25, 0.3) is 0 Å². The van der Waals surface area contributed by atoms with Gasteiger partial charge >= 0.3 is 6.03 Å². The molecule has 29 heavy (non-hydrogen) atoms. The third-order valence-corrected chi connectivity index (χ3v) is 6.05. The number of hydrogen-bond donors (Lipinski definition) is 3. The second-order valence-corrected chi connectivity index (χ2v) is 8.02. The number of fused-ring (bicyclic) bond motifs is 1. The van der Waals surface area contributed by atoms with Gasteiger partial charge in [-0.1, -0.05) is 47.7 Å². The number of nitrogens with one attached hydrogen (secondary N) is 2. The molecule has 0 spiro atoms. The van der Waals surface area contributed by atoms with Crippen LogP contribution in [0.2, 0.25) is 0 Å². The average molecular weight is 421 g/mol. The van der Waals surface area contributed by atoms with Gasteiger partial charge in [0.2, 0.25) is 0 Å². The highest BCUT2D eigenvalue weighted by molar-refractivity contribution is 7.17. The van der Waals surface area contributed by atoms with Gasteiger partial charge < -0.3 is 10.4 Å². The number of carbonyl (C=O) groups excluding carboxylic acids is 1. The van der Waals surface area contributed by atoms with Crippen molar-refractivity contribution in [3.63, 3.8) is 0 Å². The van der Waals surface area contributed by atoms with Crippen LogP contribution in [0.5, 0.6) is 0 Å². The van der Waals surface area contributed by atoms with Crippen molar-refractivity contribution < 1.29 is 9.90 Å². The van der Waals surface area contributed by atoms with Crippen molar-refractivity contribution in [3.8, 4) is 23.5 Å². The Kier molecular flexibility index (Phi) is 5.53. The predicted octanol–water partition coefficient (Wildman–Crippen LogP) is 4.26. The number of rotatable bonds is 5. The molecule has 0 saturated heterocycles. The van der Waals surface area contributed by atoms with Gasteiger partial charge in [0.15, 0.2) is 5.01 Å². The average Bonchev–Trinajstić information content (AvgIpc) is 3.41. The highest BCUT2D eigenvalue weighted by Gasteiger charge is 2.15. The molecule has 2 aromatic carbocycles. The summed E-state index contributed by atoms with van der Waals surface area (Å²) >= 11 is 2.81. The summed E-state index contributed by atoms with van der Waals surface area (Å²) in [6.45, 7) is -0.227. The Morgan fingerprint density at radius 1 is 1.21 bits per heavy atom. The molecule has 6 nitrogen and oxygen atoms in total. The maximum Gasteiger partial charge on any atom is 0.320 e. The van der Waals surface area contributed by atoms with Crippen molar-refractivity contribution in [2.24, 2.45) is 0 Å². The molecule has 0 aliphatic rings. The fourth-order valence-corrected chi connectivity index (χ4v) is 4.40. The van der Waals surface area contributed by atoms with Crippen LogP contribution in [0, 0.1) is 12.3 Å². The Bertz CT molecular complexity index is 1190. The molecule has 4 rings (SSSR count). The lowest BCUT2D eigenvalue weighted by atomic mass is 10.0. The SMILES string of the molecule is C#Cc1ncc(NC(=O)N[C@@H](CO)c2ccc(-c3cccc4ncsc34)cc2)s1. The summed E-state index contributed by atoms with van der Waals surface area (Å²) < 4.78 is 1.13. The number of urea groups is 1. The Morgan fingerprint density at radius 2 is 2.03 bits per heavy atom. The molecule has 0 fully saturated rings. The van der Waals surface area contributed by atoms with Crippen LogP contribution < -0.4 is 10.6 Å². The number of hydrogen-bond acceptors (Lipinski definition) is 6. The summed E-state index contributed by atoms with van der Waals surface area (Å²) in [5, 5.41) is 16.2. The lowest BCUT2D eigenvalue weighted by molar-refractivity contribution is 0.225. The number of amides is 2. The van der Waals surface area contributed by atoms with Gasteiger partial charge in [-0.15, -0.1) is 17.8 Å². The van der Waals surface area contributed by atoms with Gasteiger partial charge in [-0.25, -0.2) is 14.8 Å². The molecular weight excluding hydrogens is 404 g/mol. The molecule has 8 heteroatoms. The number of terminal acetylenes is 1. The topological polar surface area (TPSA) is 87.1 Å². The molecule has 0 bridgehead atoms. The third-order valence-electron chi connectivity index (χ3n) is 4.33. The van der Waals surface area contributed by atoms with Crippen LogP contribution in [0.4, 0.5) is 9.80 Å². The second-order valence-electron chi connectivity index (χ2n) is 6.14. The lowest BCUT2D eigenvalue weighted by Crippen LogP contribution is -2.34. The molecule has 0 unspecified atom stereocenters. The number of aliphatic hydroxyl groups is 1. The minimum absolute atomic E-state index is 0.227. The molecule has 2 amide bonds. The van der Waals surface area contributed by atoms with Gasteiger partial charge in [-0.05, 0) is 23.1 Å². The number of benzene rings is 2. The van der Waals surface area contributed by atoms with Crippen LogP contribution in [-0.4, -0.2) is 27.7 Å². The van der Waals surface area contributed by atoms with Crippen molar-refractivity contribution in [1.29, 1.82) is 0 Å². The smallest absolute Gasteiger partial charge is 0.320 e. The van der Waals surface area contributed by atoms with Crippen molar-refractivity contribution >= 4 is 43.9 Å². The van der Waals surface area contributed by atoms with Crippen LogP contribution >= 0.6 is 22.7 Å². The molecule has 144 valence electrons.